The lowest BCUT2D eigenvalue weighted by molar-refractivity contribution is -0.143. The van der Waals surface area contributed by atoms with Gasteiger partial charge in [0.05, 0.1) is 0 Å². The van der Waals surface area contributed by atoms with Gasteiger partial charge in [-0.25, -0.2) is 5.11 Å². The molecule has 1 atom stereocenters. The Labute approximate surface area is 101 Å². The Morgan fingerprint density at radius 1 is 0.812 bits per heavy atom. The molecule has 0 saturated carbocycles. The van der Waals surface area contributed by atoms with Crippen molar-refractivity contribution in [3.63, 3.8) is 0 Å². The maximum absolute atomic E-state index is 11.2. The molecule has 0 aliphatic carbocycles. The van der Waals surface area contributed by atoms with Crippen molar-refractivity contribution in [3.8, 4) is 0 Å². The summed E-state index contributed by atoms with van der Waals surface area (Å²) in [5, 5.41) is 11.2. The topological polar surface area (TPSA) is 29.1 Å². The standard InChI is InChI=1S/C14H29O2/c1-3-5-6-7-8-9-10-11-12-14(15)16-13-4-2/h14H,3-13H2,1-2H3. The molecule has 0 heterocycles. The van der Waals surface area contributed by atoms with Crippen LogP contribution in [0.15, 0.2) is 0 Å². The van der Waals surface area contributed by atoms with Crippen LogP contribution in [-0.4, -0.2) is 12.9 Å². The third-order valence-electron chi connectivity index (χ3n) is 2.80. The molecular formula is C14H29O2. The van der Waals surface area contributed by atoms with Crippen molar-refractivity contribution in [1.82, 2.24) is 0 Å². The van der Waals surface area contributed by atoms with Gasteiger partial charge in [0.2, 0.25) is 0 Å². The van der Waals surface area contributed by atoms with E-state index in [1.165, 1.54) is 44.9 Å². The van der Waals surface area contributed by atoms with Gasteiger partial charge in [-0.05, 0) is 12.8 Å². The van der Waals surface area contributed by atoms with Crippen LogP contribution in [0, 0.1) is 0 Å². The highest BCUT2D eigenvalue weighted by Gasteiger charge is 2.04. The first kappa shape index (κ1) is 15.9. The molecule has 0 aromatic heterocycles. The Balaban J connectivity index is 3.02. The van der Waals surface area contributed by atoms with Crippen LogP contribution in [0.1, 0.15) is 78.1 Å². The Kier molecular flexibility index (Phi) is 12.9. The van der Waals surface area contributed by atoms with Gasteiger partial charge in [0.1, 0.15) is 0 Å². The molecule has 1 unspecified atom stereocenters. The second-order valence-corrected chi connectivity index (χ2v) is 4.56. The molecule has 0 amide bonds. The van der Waals surface area contributed by atoms with Gasteiger partial charge in [-0.3, -0.25) is 0 Å². The summed E-state index contributed by atoms with van der Waals surface area (Å²) in [5.41, 5.74) is 0. The van der Waals surface area contributed by atoms with E-state index in [1.54, 1.807) is 0 Å². The van der Waals surface area contributed by atoms with Crippen LogP contribution in [0.5, 0.6) is 0 Å². The number of hydrogen-bond donors (Lipinski definition) is 0. The third kappa shape index (κ3) is 12.0. The van der Waals surface area contributed by atoms with Gasteiger partial charge in [0.25, 0.3) is 0 Å². The summed E-state index contributed by atoms with van der Waals surface area (Å²) in [6, 6.07) is 0. The fraction of sp³-hybridized carbons (Fsp3) is 1.00. The van der Waals surface area contributed by atoms with Crippen LogP contribution in [0.2, 0.25) is 0 Å². The van der Waals surface area contributed by atoms with Crippen LogP contribution in [0.3, 0.4) is 0 Å². The fourth-order valence-corrected chi connectivity index (χ4v) is 1.78. The molecule has 0 rings (SSSR count). The van der Waals surface area contributed by atoms with Gasteiger partial charge in [-0.15, -0.1) is 0 Å². The monoisotopic (exact) mass is 229 g/mol. The molecule has 16 heavy (non-hydrogen) atoms. The Hall–Kier alpha value is -0.0800. The van der Waals surface area contributed by atoms with E-state index in [0.29, 0.717) is 13.0 Å². The fourth-order valence-electron chi connectivity index (χ4n) is 1.78. The summed E-state index contributed by atoms with van der Waals surface area (Å²) < 4.78 is 5.10. The predicted octanol–water partition coefficient (Wildman–Crippen LogP) is 4.70. The van der Waals surface area contributed by atoms with Crippen molar-refractivity contribution in [2.75, 3.05) is 6.61 Å². The zero-order valence-electron chi connectivity index (χ0n) is 11.2. The molecule has 0 saturated heterocycles. The average molecular weight is 229 g/mol. The Morgan fingerprint density at radius 2 is 1.38 bits per heavy atom. The predicted molar refractivity (Wildman–Crippen MR) is 67.9 cm³/mol. The summed E-state index contributed by atoms with van der Waals surface area (Å²) in [7, 11) is 0. The average Bonchev–Trinajstić information content (AvgIpc) is 2.30. The van der Waals surface area contributed by atoms with Crippen molar-refractivity contribution in [1.29, 1.82) is 0 Å². The van der Waals surface area contributed by atoms with Crippen LogP contribution in [0.25, 0.3) is 0 Å². The van der Waals surface area contributed by atoms with Gasteiger partial charge in [0, 0.05) is 13.0 Å². The molecule has 0 aromatic carbocycles. The minimum atomic E-state index is -0.778. The second kappa shape index (κ2) is 13.0. The number of unbranched alkanes of at least 4 members (excludes halogenated alkanes) is 7. The summed E-state index contributed by atoms with van der Waals surface area (Å²) in [6.45, 7) is 4.89. The Bertz CT molecular complexity index is 126. The van der Waals surface area contributed by atoms with Crippen LogP contribution >= 0.6 is 0 Å². The maximum atomic E-state index is 11.2. The summed E-state index contributed by atoms with van der Waals surface area (Å²) in [6.07, 6.45) is 11.1. The van der Waals surface area contributed by atoms with E-state index in [9.17, 15) is 5.11 Å². The molecule has 0 fully saturated rings. The first-order valence-electron chi connectivity index (χ1n) is 7.08. The lowest BCUT2D eigenvalue weighted by atomic mass is 10.1. The van der Waals surface area contributed by atoms with Gasteiger partial charge in [-0.2, -0.15) is 0 Å². The van der Waals surface area contributed by atoms with Gasteiger partial charge < -0.3 is 4.74 Å². The lowest BCUT2D eigenvalue weighted by Gasteiger charge is -2.08. The number of rotatable bonds is 12. The minimum absolute atomic E-state index is 0.616. The highest BCUT2D eigenvalue weighted by Crippen LogP contribution is 2.11. The highest BCUT2D eigenvalue weighted by molar-refractivity contribution is 4.48. The normalized spacial score (nSPS) is 12.9. The number of ether oxygens (including phenoxy) is 1. The minimum Gasteiger partial charge on any atom is -0.350 e. The summed E-state index contributed by atoms with van der Waals surface area (Å²) >= 11 is 0. The molecule has 0 aliphatic heterocycles. The molecule has 0 spiro atoms. The lowest BCUT2D eigenvalue weighted by Crippen LogP contribution is -2.10. The molecule has 0 N–H and O–H groups in total. The zero-order valence-corrected chi connectivity index (χ0v) is 11.2. The van der Waals surface area contributed by atoms with Crippen LogP contribution in [-0.2, 0) is 9.84 Å². The molecule has 0 aromatic rings. The largest absolute Gasteiger partial charge is 0.350 e. The van der Waals surface area contributed by atoms with Crippen molar-refractivity contribution in [2.24, 2.45) is 0 Å². The van der Waals surface area contributed by atoms with E-state index >= 15 is 0 Å². The van der Waals surface area contributed by atoms with E-state index in [1.807, 2.05) is 6.92 Å². The van der Waals surface area contributed by atoms with E-state index in [0.717, 1.165) is 12.8 Å². The van der Waals surface area contributed by atoms with Crippen molar-refractivity contribution in [3.05, 3.63) is 0 Å². The van der Waals surface area contributed by atoms with Crippen LogP contribution in [0.4, 0.5) is 0 Å². The molecule has 0 aliphatic rings. The summed E-state index contributed by atoms with van der Waals surface area (Å²) in [5.74, 6) is 0. The molecule has 1 radical (unpaired) electrons. The third-order valence-corrected chi connectivity index (χ3v) is 2.80. The first-order chi connectivity index (χ1) is 7.81. The molecule has 0 bridgehead atoms. The smallest absolute Gasteiger partial charge is 0.191 e. The van der Waals surface area contributed by atoms with E-state index < -0.39 is 6.29 Å². The Morgan fingerprint density at radius 3 is 1.94 bits per heavy atom. The first-order valence-corrected chi connectivity index (χ1v) is 7.08. The van der Waals surface area contributed by atoms with E-state index in [2.05, 4.69) is 6.92 Å². The van der Waals surface area contributed by atoms with Crippen molar-refractivity contribution >= 4 is 0 Å². The van der Waals surface area contributed by atoms with E-state index in [4.69, 9.17) is 4.74 Å². The SMILES string of the molecule is CCCCCCCCCCC([O])OCCC. The second-order valence-electron chi connectivity index (χ2n) is 4.56. The van der Waals surface area contributed by atoms with Crippen molar-refractivity contribution in [2.45, 2.75) is 84.3 Å². The van der Waals surface area contributed by atoms with Gasteiger partial charge in [-0.1, -0.05) is 58.8 Å². The zero-order chi connectivity index (χ0) is 12.1. The highest BCUT2D eigenvalue weighted by atomic mass is 16.6. The molecule has 97 valence electrons. The van der Waals surface area contributed by atoms with Gasteiger partial charge >= 0.3 is 0 Å². The summed E-state index contributed by atoms with van der Waals surface area (Å²) in [4.78, 5) is 0. The molecule has 2 nitrogen and oxygen atoms in total. The van der Waals surface area contributed by atoms with Gasteiger partial charge in [0.15, 0.2) is 6.29 Å². The van der Waals surface area contributed by atoms with E-state index in [-0.39, 0.29) is 0 Å². The van der Waals surface area contributed by atoms with Crippen molar-refractivity contribution < 1.29 is 9.84 Å². The number of hydrogen-bond acceptors (Lipinski definition) is 1. The quantitative estimate of drug-likeness (QED) is 0.352. The van der Waals surface area contributed by atoms with Crippen LogP contribution < -0.4 is 0 Å². The molecular weight excluding hydrogens is 200 g/mol. The maximum Gasteiger partial charge on any atom is 0.191 e. The molecule has 2 heteroatoms.